The van der Waals surface area contributed by atoms with E-state index in [2.05, 4.69) is 4.99 Å². The van der Waals surface area contributed by atoms with Crippen molar-refractivity contribution in [3.8, 4) is 0 Å². The van der Waals surface area contributed by atoms with E-state index >= 15 is 0 Å². The van der Waals surface area contributed by atoms with Gasteiger partial charge in [0.05, 0.1) is 18.0 Å². The van der Waals surface area contributed by atoms with Crippen molar-refractivity contribution in [2.45, 2.75) is 32.5 Å². The van der Waals surface area contributed by atoms with E-state index in [1.165, 1.54) is 6.07 Å². The third kappa shape index (κ3) is 5.40. The molecule has 1 aromatic rings. The summed E-state index contributed by atoms with van der Waals surface area (Å²) in [6, 6.07) is 5.36. The molecule has 2 nitrogen and oxygen atoms in total. The zero-order valence-electron chi connectivity index (χ0n) is 10.2. The highest BCUT2D eigenvalue weighted by molar-refractivity contribution is 5.77. The van der Waals surface area contributed by atoms with Crippen LogP contribution in [0, 0.1) is 0 Å². The normalized spacial score (nSPS) is 12.4. The molecule has 0 fully saturated rings. The molecule has 0 aliphatic rings. The first kappa shape index (κ1) is 16.8. The average Bonchev–Trinajstić information content (AvgIpc) is 2.15. The molecule has 102 valence electrons. The highest BCUT2D eigenvalue weighted by Gasteiger charge is 2.30. The predicted octanol–water partition coefficient (Wildman–Crippen LogP) is -1.90. The van der Waals surface area contributed by atoms with E-state index in [1.54, 1.807) is 6.07 Å². The Hall–Kier alpha value is -1.23. The van der Waals surface area contributed by atoms with E-state index < -0.39 is 11.7 Å². The number of benzene rings is 1. The largest absolute Gasteiger partial charge is 1.00 e. The lowest BCUT2D eigenvalue weighted by Gasteiger charge is -2.07. The third-order valence-corrected chi connectivity index (χ3v) is 2.12. The van der Waals surface area contributed by atoms with Gasteiger partial charge in [-0.3, -0.25) is 10.7 Å². The molecule has 0 aliphatic heterocycles. The number of hydrogen-bond donors (Lipinski definition) is 2. The van der Waals surface area contributed by atoms with Crippen LogP contribution in [0.2, 0.25) is 0 Å². The van der Waals surface area contributed by atoms with Crippen molar-refractivity contribution < 1.29 is 30.6 Å². The molecule has 0 bridgehead atoms. The molecular formula is C12H16ClF3N2. The lowest BCUT2D eigenvalue weighted by atomic mass is 10.1. The summed E-state index contributed by atoms with van der Waals surface area (Å²) in [5.74, 6) is 0.472. The minimum atomic E-state index is -4.31. The number of rotatable bonds is 3. The van der Waals surface area contributed by atoms with Crippen LogP contribution in [0.4, 0.5) is 13.2 Å². The van der Waals surface area contributed by atoms with Gasteiger partial charge in [-0.1, -0.05) is 18.2 Å². The molecule has 0 saturated heterocycles. The second kappa shape index (κ2) is 6.64. The highest BCUT2D eigenvalue weighted by atomic mass is 35.5. The van der Waals surface area contributed by atoms with E-state index in [4.69, 9.17) is 5.73 Å². The molecule has 3 N–H and O–H groups in total. The molecule has 1 aromatic carbocycles. The Morgan fingerprint density at radius 3 is 2.44 bits per heavy atom. The Morgan fingerprint density at radius 2 is 1.94 bits per heavy atom. The van der Waals surface area contributed by atoms with Crippen molar-refractivity contribution in [3.05, 3.63) is 35.4 Å². The highest BCUT2D eigenvalue weighted by Crippen LogP contribution is 2.29. The molecular weight excluding hydrogens is 265 g/mol. The summed E-state index contributed by atoms with van der Waals surface area (Å²) in [6.07, 6.45) is -4.02. The first-order chi connectivity index (χ1) is 7.79. The monoisotopic (exact) mass is 280 g/mol. The van der Waals surface area contributed by atoms with Crippen molar-refractivity contribution in [2.75, 3.05) is 0 Å². The molecule has 0 aromatic heterocycles. The molecule has 0 saturated carbocycles. The molecule has 0 aliphatic carbocycles. The van der Waals surface area contributed by atoms with Gasteiger partial charge in [-0.15, -0.1) is 0 Å². The van der Waals surface area contributed by atoms with Gasteiger partial charge in [0, 0.05) is 0 Å². The van der Waals surface area contributed by atoms with Gasteiger partial charge in [-0.25, -0.2) is 0 Å². The maximum atomic E-state index is 12.5. The first-order valence-corrected chi connectivity index (χ1v) is 5.33. The van der Waals surface area contributed by atoms with Crippen LogP contribution in [-0.2, 0) is 12.6 Å². The molecule has 0 amide bonds. The van der Waals surface area contributed by atoms with Gasteiger partial charge in [0.1, 0.15) is 0 Å². The molecule has 18 heavy (non-hydrogen) atoms. The van der Waals surface area contributed by atoms with Gasteiger partial charge in [0.25, 0.3) is 0 Å². The summed E-state index contributed by atoms with van der Waals surface area (Å²) in [6.45, 7) is 3.83. The summed E-state index contributed by atoms with van der Waals surface area (Å²) in [5, 5.41) is 0. The second-order valence-corrected chi connectivity index (χ2v) is 4.20. The van der Waals surface area contributed by atoms with E-state index in [0.717, 1.165) is 12.1 Å². The molecule has 0 heterocycles. The summed E-state index contributed by atoms with van der Waals surface area (Å²) < 4.78 is 37.4. The van der Waals surface area contributed by atoms with E-state index in [-0.39, 0.29) is 18.4 Å². The minimum Gasteiger partial charge on any atom is -1.00 e. The standard InChI is InChI=1S/C12H15F3N2.ClH/c1-8(2)17-11(16)7-9-4-3-5-10(6-9)12(13,14)15;/h3-6,8H,7H2,1-2H3,(H2,16,17);1H. The van der Waals surface area contributed by atoms with E-state index in [9.17, 15) is 13.2 Å². The predicted molar refractivity (Wildman–Crippen MR) is 60.4 cm³/mol. The molecule has 1 rings (SSSR count). The SMILES string of the molecule is CC(C)[NH+]=C(N)Cc1cccc(C(F)(F)F)c1.[Cl-]. The summed E-state index contributed by atoms with van der Waals surface area (Å²) in [4.78, 5) is 2.96. The van der Waals surface area contributed by atoms with Crippen LogP contribution in [0.1, 0.15) is 25.0 Å². The molecule has 6 heteroatoms. The first-order valence-electron chi connectivity index (χ1n) is 5.33. The van der Waals surface area contributed by atoms with E-state index in [0.29, 0.717) is 17.8 Å². The Kier molecular flexibility index (Phi) is 6.18. The number of nitrogens with two attached hydrogens (primary N) is 1. The van der Waals surface area contributed by atoms with Crippen LogP contribution < -0.4 is 23.1 Å². The van der Waals surface area contributed by atoms with Gasteiger partial charge >= 0.3 is 6.18 Å². The van der Waals surface area contributed by atoms with Crippen LogP contribution in [0.5, 0.6) is 0 Å². The number of hydrogen-bond acceptors (Lipinski definition) is 0. The minimum absolute atomic E-state index is 0. The van der Waals surface area contributed by atoms with Gasteiger partial charge in [-0.05, 0) is 25.5 Å². The van der Waals surface area contributed by atoms with Crippen LogP contribution in [0.25, 0.3) is 0 Å². The third-order valence-electron chi connectivity index (χ3n) is 2.12. The maximum Gasteiger partial charge on any atom is 0.416 e. The smallest absolute Gasteiger partial charge is 0.416 e. The number of amidine groups is 1. The Bertz CT molecular complexity index is 414. The lowest BCUT2D eigenvalue weighted by Crippen LogP contribution is -3.00. The van der Waals surface area contributed by atoms with E-state index in [1.807, 2.05) is 13.8 Å². The molecule has 0 unspecified atom stereocenters. The van der Waals surface area contributed by atoms with Crippen molar-refractivity contribution in [1.82, 2.24) is 0 Å². The second-order valence-electron chi connectivity index (χ2n) is 4.20. The van der Waals surface area contributed by atoms with Gasteiger partial charge in [0.2, 0.25) is 5.84 Å². The molecule has 0 atom stereocenters. The summed E-state index contributed by atoms with van der Waals surface area (Å²) in [5.41, 5.74) is 5.59. The van der Waals surface area contributed by atoms with Gasteiger partial charge in [0.15, 0.2) is 0 Å². The summed E-state index contributed by atoms with van der Waals surface area (Å²) >= 11 is 0. The average molecular weight is 281 g/mol. The van der Waals surface area contributed by atoms with Crippen LogP contribution in [0.15, 0.2) is 24.3 Å². The van der Waals surface area contributed by atoms with Crippen molar-refractivity contribution in [3.63, 3.8) is 0 Å². The van der Waals surface area contributed by atoms with Crippen LogP contribution in [-0.4, -0.2) is 11.9 Å². The van der Waals surface area contributed by atoms with Gasteiger partial charge in [-0.2, -0.15) is 13.2 Å². The fourth-order valence-electron chi connectivity index (χ4n) is 1.50. The molecule has 0 spiro atoms. The maximum absolute atomic E-state index is 12.5. The van der Waals surface area contributed by atoms with Crippen molar-refractivity contribution in [1.29, 1.82) is 0 Å². The fraction of sp³-hybridized carbons (Fsp3) is 0.417. The Balaban J connectivity index is 0.00000289. The quantitative estimate of drug-likeness (QED) is 0.493. The van der Waals surface area contributed by atoms with Crippen LogP contribution >= 0.6 is 0 Å². The topological polar surface area (TPSA) is 40.0 Å². The fourth-order valence-corrected chi connectivity index (χ4v) is 1.50. The zero-order chi connectivity index (χ0) is 13.1. The Morgan fingerprint density at radius 1 is 1.33 bits per heavy atom. The number of nitrogens with one attached hydrogen (secondary N) is 1. The zero-order valence-corrected chi connectivity index (χ0v) is 10.9. The summed E-state index contributed by atoms with van der Waals surface area (Å²) in [7, 11) is 0. The lowest BCUT2D eigenvalue weighted by molar-refractivity contribution is -0.495. The van der Waals surface area contributed by atoms with Gasteiger partial charge < -0.3 is 12.4 Å². The number of halogens is 4. The van der Waals surface area contributed by atoms with Crippen molar-refractivity contribution in [2.24, 2.45) is 5.73 Å². The number of alkyl halides is 3. The molecule has 0 radical (unpaired) electrons. The van der Waals surface area contributed by atoms with Crippen molar-refractivity contribution >= 4 is 5.84 Å². The Labute approximate surface area is 111 Å². The van der Waals surface area contributed by atoms with Crippen LogP contribution in [0.3, 0.4) is 0 Å².